The standard InChI is InChI=1S/C17H20N2O3/c1-3-4-10-18-17(21)16-9-8-15(22-16)13-6-5-7-14(11-13)19-12(2)20/h5-9,11H,3-4,10H2,1-2H3,(H,18,21)(H,19,20). The molecule has 0 fully saturated rings. The highest BCUT2D eigenvalue weighted by atomic mass is 16.3. The van der Waals surface area contributed by atoms with E-state index in [0.717, 1.165) is 18.4 Å². The fourth-order valence-electron chi connectivity index (χ4n) is 2.03. The predicted octanol–water partition coefficient (Wildman–Crippen LogP) is 3.43. The van der Waals surface area contributed by atoms with Crippen LogP contribution in [-0.4, -0.2) is 18.4 Å². The van der Waals surface area contributed by atoms with Crippen molar-refractivity contribution in [1.29, 1.82) is 0 Å². The zero-order chi connectivity index (χ0) is 15.9. The molecule has 0 radical (unpaired) electrons. The molecule has 1 heterocycles. The Morgan fingerprint density at radius 3 is 2.73 bits per heavy atom. The van der Waals surface area contributed by atoms with E-state index >= 15 is 0 Å². The lowest BCUT2D eigenvalue weighted by Gasteiger charge is -2.04. The maximum atomic E-state index is 11.9. The van der Waals surface area contributed by atoms with Crippen LogP contribution in [0.5, 0.6) is 0 Å². The van der Waals surface area contributed by atoms with Crippen LogP contribution in [0.4, 0.5) is 5.69 Å². The van der Waals surface area contributed by atoms with Crippen molar-refractivity contribution in [2.75, 3.05) is 11.9 Å². The molecular formula is C17H20N2O3. The van der Waals surface area contributed by atoms with Gasteiger partial charge in [-0.05, 0) is 30.7 Å². The van der Waals surface area contributed by atoms with Gasteiger partial charge in [0.05, 0.1) is 0 Å². The minimum atomic E-state index is -0.210. The van der Waals surface area contributed by atoms with Crippen molar-refractivity contribution in [3.05, 3.63) is 42.2 Å². The van der Waals surface area contributed by atoms with Gasteiger partial charge in [0, 0.05) is 24.7 Å². The molecule has 0 unspecified atom stereocenters. The highest BCUT2D eigenvalue weighted by Gasteiger charge is 2.12. The zero-order valence-electron chi connectivity index (χ0n) is 12.8. The molecule has 5 heteroatoms. The van der Waals surface area contributed by atoms with Gasteiger partial charge in [-0.15, -0.1) is 0 Å². The van der Waals surface area contributed by atoms with Gasteiger partial charge in [0.15, 0.2) is 5.76 Å². The number of carbonyl (C=O) groups is 2. The molecule has 1 aromatic carbocycles. The summed E-state index contributed by atoms with van der Waals surface area (Å²) in [5.74, 6) is 0.536. The molecule has 0 spiro atoms. The summed E-state index contributed by atoms with van der Waals surface area (Å²) in [6, 6.07) is 10.7. The second-order valence-corrected chi connectivity index (χ2v) is 5.04. The number of nitrogens with one attached hydrogen (secondary N) is 2. The van der Waals surface area contributed by atoms with Crippen molar-refractivity contribution in [3.8, 4) is 11.3 Å². The molecule has 0 bridgehead atoms. The molecule has 22 heavy (non-hydrogen) atoms. The van der Waals surface area contributed by atoms with Crippen LogP contribution in [0.25, 0.3) is 11.3 Å². The molecule has 0 aliphatic heterocycles. The van der Waals surface area contributed by atoms with Gasteiger partial charge in [-0.2, -0.15) is 0 Å². The molecular weight excluding hydrogens is 280 g/mol. The van der Waals surface area contributed by atoms with Gasteiger partial charge in [0.2, 0.25) is 5.91 Å². The molecule has 116 valence electrons. The lowest BCUT2D eigenvalue weighted by Crippen LogP contribution is -2.23. The number of benzene rings is 1. The van der Waals surface area contributed by atoms with Gasteiger partial charge < -0.3 is 15.1 Å². The Morgan fingerprint density at radius 1 is 1.18 bits per heavy atom. The van der Waals surface area contributed by atoms with E-state index in [4.69, 9.17) is 4.42 Å². The Bertz CT molecular complexity index is 661. The van der Waals surface area contributed by atoms with Gasteiger partial charge in [-0.1, -0.05) is 25.5 Å². The highest BCUT2D eigenvalue weighted by Crippen LogP contribution is 2.24. The molecule has 0 saturated heterocycles. The van der Waals surface area contributed by atoms with Crippen molar-refractivity contribution in [2.24, 2.45) is 0 Å². The van der Waals surface area contributed by atoms with Crippen LogP contribution in [0, 0.1) is 0 Å². The third-order valence-corrected chi connectivity index (χ3v) is 3.11. The second-order valence-electron chi connectivity index (χ2n) is 5.04. The molecule has 2 aromatic rings. The highest BCUT2D eigenvalue weighted by molar-refractivity contribution is 5.92. The topological polar surface area (TPSA) is 71.3 Å². The lowest BCUT2D eigenvalue weighted by atomic mass is 10.1. The summed E-state index contributed by atoms with van der Waals surface area (Å²) in [5, 5.41) is 5.53. The average Bonchev–Trinajstić information content (AvgIpc) is 2.97. The summed E-state index contributed by atoms with van der Waals surface area (Å²) in [6.07, 6.45) is 1.97. The Kier molecular flexibility index (Phi) is 5.36. The Hall–Kier alpha value is -2.56. The first-order valence-electron chi connectivity index (χ1n) is 7.36. The molecule has 0 aliphatic carbocycles. The number of furan rings is 1. The Balaban J connectivity index is 2.10. The van der Waals surface area contributed by atoms with E-state index < -0.39 is 0 Å². The first-order valence-corrected chi connectivity index (χ1v) is 7.36. The molecule has 1 aromatic heterocycles. The van der Waals surface area contributed by atoms with Crippen LogP contribution in [0.15, 0.2) is 40.8 Å². The SMILES string of the molecule is CCCCNC(=O)c1ccc(-c2cccc(NC(C)=O)c2)o1. The number of amides is 2. The van der Waals surface area contributed by atoms with Gasteiger partial charge in [0.25, 0.3) is 5.91 Å². The van der Waals surface area contributed by atoms with Crippen LogP contribution in [-0.2, 0) is 4.79 Å². The van der Waals surface area contributed by atoms with E-state index in [0.29, 0.717) is 18.0 Å². The van der Waals surface area contributed by atoms with Crippen molar-refractivity contribution in [3.63, 3.8) is 0 Å². The maximum absolute atomic E-state index is 11.9. The number of anilines is 1. The minimum absolute atomic E-state index is 0.132. The van der Waals surface area contributed by atoms with Crippen molar-refractivity contribution >= 4 is 17.5 Å². The summed E-state index contributed by atoms with van der Waals surface area (Å²) < 4.78 is 5.60. The van der Waals surface area contributed by atoms with Crippen LogP contribution in [0.1, 0.15) is 37.2 Å². The number of hydrogen-bond donors (Lipinski definition) is 2. The predicted molar refractivity (Wildman–Crippen MR) is 85.7 cm³/mol. The lowest BCUT2D eigenvalue weighted by molar-refractivity contribution is -0.114. The van der Waals surface area contributed by atoms with Crippen LogP contribution in [0.3, 0.4) is 0 Å². The smallest absolute Gasteiger partial charge is 0.287 e. The van der Waals surface area contributed by atoms with Gasteiger partial charge in [0.1, 0.15) is 5.76 Å². The fourth-order valence-corrected chi connectivity index (χ4v) is 2.03. The van der Waals surface area contributed by atoms with E-state index in [-0.39, 0.29) is 17.6 Å². The third-order valence-electron chi connectivity index (χ3n) is 3.11. The van der Waals surface area contributed by atoms with Crippen molar-refractivity contribution in [1.82, 2.24) is 5.32 Å². The van der Waals surface area contributed by atoms with Crippen molar-refractivity contribution in [2.45, 2.75) is 26.7 Å². The summed E-state index contributed by atoms with van der Waals surface area (Å²) >= 11 is 0. The number of unbranched alkanes of at least 4 members (excludes halogenated alkanes) is 1. The zero-order valence-corrected chi connectivity index (χ0v) is 12.8. The minimum Gasteiger partial charge on any atom is -0.451 e. The molecule has 2 rings (SSSR count). The van der Waals surface area contributed by atoms with Crippen LogP contribution in [0.2, 0.25) is 0 Å². The largest absolute Gasteiger partial charge is 0.451 e. The quantitative estimate of drug-likeness (QED) is 0.803. The first kappa shape index (κ1) is 15.8. The normalized spacial score (nSPS) is 10.3. The number of rotatable bonds is 6. The van der Waals surface area contributed by atoms with E-state index in [9.17, 15) is 9.59 Å². The fraction of sp³-hybridized carbons (Fsp3) is 0.294. The number of carbonyl (C=O) groups excluding carboxylic acids is 2. The summed E-state index contributed by atoms with van der Waals surface area (Å²) in [7, 11) is 0. The molecule has 0 atom stereocenters. The summed E-state index contributed by atoms with van der Waals surface area (Å²) in [6.45, 7) is 4.17. The summed E-state index contributed by atoms with van der Waals surface area (Å²) in [4.78, 5) is 23.0. The molecule has 2 N–H and O–H groups in total. The molecule has 5 nitrogen and oxygen atoms in total. The monoisotopic (exact) mass is 300 g/mol. The molecule has 2 amide bonds. The van der Waals surface area contributed by atoms with Crippen molar-refractivity contribution < 1.29 is 14.0 Å². The molecule has 0 saturated carbocycles. The average molecular weight is 300 g/mol. The van der Waals surface area contributed by atoms with Crippen LogP contribution < -0.4 is 10.6 Å². The van der Waals surface area contributed by atoms with E-state index in [2.05, 4.69) is 17.6 Å². The number of hydrogen-bond acceptors (Lipinski definition) is 3. The van der Waals surface area contributed by atoms with E-state index in [1.54, 1.807) is 24.3 Å². The summed E-state index contributed by atoms with van der Waals surface area (Å²) in [5.41, 5.74) is 1.49. The maximum Gasteiger partial charge on any atom is 0.287 e. The van der Waals surface area contributed by atoms with E-state index in [1.165, 1.54) is 6.92 Å². The van der Waals surface area contributed by atoms with Gasteiger partial charge >= 0.3 is 0 Å². The van der Waals surface area contributed by atoms with Gasteiger partial charge in [-0.3, -0.25) is 9.59 Å². The first-order chi connectivity index (χ1) is 10.6. The second kappa shape index (κ2) is 7.45. The Labute approximate surface area is 129 Å². The van der Waals surface area contributed by atoms with Crippen LogP contribution >= 0.6 is 0 Å². The molecule has 0 aliphatic rings. The Morgan fingerprint density at radius 2 is 2.00 bits per heavy atom. The van der Waals surface area contributed by atoms with Gasteiger partial charge in [-0.25, -0.2) is 0 Å². The third kappa shape index (κ3) is 4.22. The van der Waals surface area contributed by atoms with E-state index in [1.807, 2.05) is 12.1 Å².